The van der Waals surface area contributed by atoms with Crippen molar-refractivity contribution in [1.82, 2.24) is 24.1 Å². The molecule has 0 saturated carbocycles. The maximum atomic E-state index is 13.5. The molecule has 2 aromatic heterocycles. The lowest BCUT2D eigenvalue weighted by molar-refractivity contribution is 0.400. The Labute approximate surface area is 160 Å². The minimum atomic E-state index is -4.04. The molecule has 1 N–H and O–H groups in total. The van der Waals surface area contributed by atoms with Crippen molar-refractivity contribution in [2.75, 3.05) is 13.7 Å². The lowest BCUT2D eigenvalue weighted by atomic mass is 10.3. The molecule has 11 heteroatoms. The van der Waals surface area contributed by atoms with Gasteiger partial charge in [0.05, 0.1) is 13.7 Å². The Kier molecular flexibility index (Phi) is 5.56. The molecule has 0 aliphatic rings. The predicted molar refractivity (Wildman–Crippen MR) is 98.8 cm³/mol. The van der Waals surface area contributed by atoms with Crippen LogP contribution >= 0.6 is 0 Å². The lowest BCUT2D eigenvalue weighted by Gasteiger charge is -2.10. The predicted octanol–water partition coefficient (Wildman–Crippen LogP) is 0.770. The minimum Gasteiger partial charge on any atom is -0.495 e. The van der Waals surface area contributed by atoms with Crippen LogP contribution in [0.3, 0.4) is 0 Å². The van der Waals surface area contributed by atoms with E-state index in [9.17, 15) is 17.6 Å². The van der Waals surface area contributed by atoms with Gasteiger partial charge < -0.3 is 4.74 Å². The Bertz CT molecular complexity index is 1140. The van der Waals surface area contributed by atoms with Gasteiger partial charge in [0.2, 0.25) is 10.0 Å². The second-order valence-electron chi connectivity index (χ2n) is 5.82. The van der Waals surface area contributed by atoms with Gasteiger partial charge in [0.15, 0.2) is 5.82 Å². The first-order valence-corrected chi connectivity index (χ1v) is 9.69. The highest BCUT2D eigenvalue weighted by molar-refractivity contribution is 7.89. The normalized spacial score (nSPS) is 11.5. The van der Waals surface area contributed by atoms with E-state index in [-0.39, 0.29) is 23.7 Å². The summed E-state index contributed by atoms with van der Waals surface area (Å²) < 4.78 is 48.2. The lowest BCUT2D eigenvalue weighted by Crippen LogP contribution is -2.32. The highest BCUT2D eigenvalue weighted by atomic mass is 32.2. The van der Waals surface area contributed by atoms with Gasteiger partial charge in [-0.2, -0.15) is 0 Å². The standard InChI is InChI=1S/C17H18FN5O4S/c1-22-16(12-4-3-7-19-11-12)21-23(17(22)24)9-8-20-28(25,26)15-10-13(18)5-6-14(15)27-2/h3-7,10-11,20H,8-9H2,1-2H3. The molecule has 0 bridgehead atoms. The number of benzene rings is 1. The Morgan fingerprint density at radius 1 is 1.29 bits per heavy atom. The van der Waals surface area contributed by atoms with Gasteiger partial charge in [-0.25, -0.2) is 27.0 Å². The number of nitrogens with zero attached hydrogens (tertiary/aromatic N) is 4. The second kappa shape index (κ2) is 7.90. The van der Waals surface area contributed by atoms with Crippen molar-refractivity contribution < 1.29 is 17.5 Å². The van der Waals surface area contributed by atoms with Crippen molar-refractivity contribution in [1.29, 1.82) is 0 Å². The van der Waals surface area contributed by atoms with Gasteiger partial charge in [-0.05, 0) is 30.3 Å². The van der Waals surface area contributed by atoms with Gasteiger partial charge in [-0.3, -0.25) is 9.55 Å². The third-order valence-electron chi connectivity index (χ3n) is 3.99. The van der Waals surface area contributed by atoms with Crippen LogP contribution in [-0.4, -0.2) is 41.4 Å². The molecule has 0 aliphatic carbocycles. The Balaban J connectivity index is 1.77. The zero-order valence-electron chi connectivity index (χ0n) is 15.2. The van der Waals surface area contributed by atoms with E-state index in [4.69, 9.17) is 4.74 Å². The fourth-order valence-corrected chi connectivity index (χ4v) is 3.80. The average molecular weight is 407 g/mol. The van der Waals surface area contributed by atoms with Crippen molar-refractivity contribution in [3.05, 3.63) is 59.0 Å². The molecular formula is C17H18FN5O4S. The summed E-state index contributed by atoms with van der Waals surface area (Å²) in [7, 11) is -1.18. The molecule has 148 valence electrons. The molecule has 0 unspecified atom stereocenters. The molecule has 9 nitrogen and oxygen atoms in total. The highest BCUT2D eigenvalue weighted by Crippen LogP contribution is 2.24. The van der Waals surface area contributed by atoms with E-state index < -0.39 is 21.5 Å². The first kappa shape index (κ1) is 19.7. The van der Waals surface area contributed by atoms with Crippen molar-refractivity contribution in [2.45, 2.75) is 11.4 Å². The first-order chi connectivity index (χ1) is 13.3. The maximum absolute atomic E-state index is 13.5. The topological polar surface area (TPSA) is 108 Å². The van der Waals surface area contributed by atoms with E-state index in [0.29, 0.717) is 11.4 Å². The molecule has 0 amide bonds. The molecule has 0 saturated heterocycles. The van der Waals surface area contributed by atoms with Crippen LogP contribution in [-0.2, 0) is 23.6 Å². The monoisotopic (exact) mass is 407 g/mol. The number of methoxy groups -OCH3 is 1. The van der Waals surface area contributed by atoms with E-state index in [1.807, 2.05) is 0 Å². The number of nitrogens with one attached hydrogen (secondary N) is 1. The molecule has 3 rings (SSSR count). The highest BCUT2D eigenvalue weighted by Gasteiger charge is 2.20. The minimum absolute atomic E-state index is 0.0101. The van der Waals surface area contributed by atoms with E-state index in [0.717, 1.165) is 16.8 Å². The third-order valence-corrected chi connectivity index (χ3v) is 5.47. The van der Waals surface area contributed by atoms with Gasteiger partial charge in [0.1, 0.15) is 16.5 Å². The molecule has 0 spiro atoms. The molecule has 0 radical (unpaired) electrons. The smallest absolute Gasteiger partial charge is 0.345 e. The van der Waals surface area contributed by atoms with E-state index >= 15 is 0 Å². The molecule has 28 heavy (non-hydrogen) atoms. The van der Waals surface area contributed by atoms with Gasteiger partial charge in [0.25, 0.3) is 0 Å². The van der Waals surface area contributed by atoms with Crippen LogP contribution in [0.2, 0.25) is 0 Å². The van der Waals surface area contributed by atoms with Crippen molar-refractivity contribution in [3.8, 4) is 17.1 Å². The van der Waals surface area contributed by atoms with Crippen molar-refractivity contribution in [3.63, 3.8) is 0 Å². The average Bonchev–Trinajstić information content (AvgIpc) is 2.97. The second-order valence-corrected chi connectivity index (χ2v) is 7.56. The number of halogens is 1. The molecule has 1 aromatic carbocycles. The number of hydrogen-bond acceptors (Lipinski definition) is 6. The van der Waals surface area contributed by atoms with Crippen LogP contribution in [0, 0.1) is 5.82 Å². The van der Waals surface area contributed by atoms with Crippen LogP contribution in [0.25, 0.3) is 11.4 Å². The molecule has 0 aliphatic heterocycles. The Morgan fingerprint density at radius 2 is 2.07 bits per heavy atom. The van der Waals surface area contributed by atoms with E-state index in [1.165, 1.54) is 17.7 Å². The van der Waals surface area contributed by atoms with Crippen molar-refractivity contribution >= 4 is 10.0 Å². The molecular weight excluding hydrogens is 389 g/mol. The van der Waals surface area contributed by atoms with E-state index in [1.54, 1.807) is 31.6 Å². The number of hydrogen-bond donors (Lipinski definition) is 1. The largest absolute Gasteiger partial charge is 0.495 e. The summed E-state index contributed by atoms with van der Waals surface area (Å²) in [5.41, 5.74) is 0.257. The van der Waals surface area contributed by atoms with E-state index in [2.05, 4.69) is 14.8 Å². The summed E-state index contributed by atoms with van der Waals surface area (Å²) >= 11 is 0. The summed E-state index contributed by atoms with van der Waals surface area (Å²) in [5.74, 6) is -0.279. The van der Waals surface area contributed by atoms with Crippen LogP contribution < -0.4 is 15.1 Å². The Hall–Kier alpha value is -3.05. The van der Waals surface area contributed by atoms with Gasteiger partial charge in [0, 0.05) is 31.5 Å². The van der Waals surface area contributed by atoms with Gasteiger partial charge >= 0.3 is 5.69 Å². The summed E-state index contributed by atoms with van der Waals surface area (Å²) in [6.45, 7) is -0.130. The maximum Gasteiger partial charge on any atom is 0.345 e. The number of sulfonamides is 1. The summed E-state index contributed by atoms with van der Waals surface area (Å²) in [5, 5.41) is 4.23. The molecule has 0 fully saturated rings. The zero-order chi connectivity index (χ0) is 20.3. The summed E-state index contributed by atoms with van der Waals surface area (Å²) in [6.07, 6.45) is 3.18. The van der Waals surface area contributed by atoms with Crippen LogP contribution in [0.15, 0.2) is 52.4 Å². The van der Waals surface area contributed by atoms with Crippen molar-refractivity contribution in [2.24, 2.45) is 7.05 Å². The summed E-state index contributed by atoms with van der Waals surface area (Å²) in [4.78, 5) is 16.0. The van der Waals surface area contributed by atoms with Gasteiger partial charge in [-0.15, -0.1) is 5.10 Å². The number of rotatable bonds is 7. The SMILES string of the molecule is COc1ccc(F)cc1S(=O)(=O)NCCn1nc(-c2cccnc2)n(C)c1=O. The zero-order valence-corrected chi connectivity index (χ0v) is 16.0. The summed E-state index contributed by atoms with van der Waals surface area (Å²) in [6, 6.07) is 6.69. The molecule has 3 aromatic rings. The number of pyridine rings is 1. The van der Waals surface area contributed by atoms with Gasteiger partial charge in [-0.1, -0.05) is 0 Å². The number of ether oxygens (including phenoxy) is 1. The first-order valence-electron chi connectivity index (χ1n) is 8.21. The fourth-order valence-electron chi connectivity index (χ4n) is 2.60. The third kappa shape index (κ3) is 3.94. The van der Waals surface area contributed by atoms with Crippen LogP contribution in [0.5, 0.6) is 5.75 Å². The quantitative estimate of drug-likeness (QED) is 0.620. The van der Waals surface area contributed by atoms with Crippen LogP contribution in [0.4, 0.5) is 4.39 Å². The molecule has 0 atom stereocenters. The molecule has 2 heterocycles. The fraction of sp³-hybridized carbons (Fsp3) is 0.235. The Morgan fingerprint density at radius 3 is 2.75 bits per heavy atom. The number of aromatic nitrogens is 4. The van der Waals surface area contributed by atoms with Crippen LogP contribution in [0.1, 0.15) is 0 Å².